The zero-order chi connectivity index (χ0) is 12.1. The molecule has 0 aliphatic rings. The van der Waals surface area contributed by atoms with Crippen LogP contribution in [0.1, 0.15) is 25.5 Å². The van der Waals surface area contributed by atoms with Crippen molar-refractivity contribution in [2.75, 3.05) is 6.54 Å². The minimum atomic E-state index is -0.467. The van der Waals surface area contributed by atoms with Crippen molar-refractivity contribution in [3.63, 3.8) is 0 Å². The van der Waals surface area contributed by atoms with Gasteiger partial charge in [0.05, 0.1) is 11.1 Å². The van der Waals surface area contributed by atoms with E-state index in [-0.39, 0.29) is 5.02 Å². The largest absolute Gasteiger partial charge is 0.298 e. The van der Waals surface area contributed by atoms with E-state index < -0.39 is 11.9 Å². The highest BCUT2D eigenvalue weighted by Gasteiger charge is 2.12. The lowest BCUT2D eigenvalue weighted by Gasteiger charge is -2.13. The molecule has 0 saturated carbocycles. The van der Waals surface area contributed by atoms with E-state index >= 15 is 0 Å². The van der Waals surface area contributed by atoms with Crippen LogP contribution in [-0.2, 0) is 0 Å². The maximum atomic E-state index is 12.9. The van der Waals surface area contributed by atoms with Gasteiger partial charge in [0.1, 0.15) is 11.9 Å². The summed E-state index contributed by atoms with van der Waals surface area (Å²) in [7, 11) is 0. The van der Waals surface area contributed by atoms with Crippen molar-refractivity contribution in [2.24, 2.45) is 5.92 Å². The lowest BCUT2D eigenvalue weighted by atomic mass is 10.1. The molecule has 1 N–H and O–H groups in total. The smallest absolute Gasteiger partial charge is 0.141 e. The van der Waals surface area contributed by atoms with Crippen LogP contribution in [0.4, 0.5) is 4.39 Å². The third kappa shape index (κ3) is 3.48. The zero-order valence-electron chi connectivity index (χ0n) is 9.30. The Balaban J connectivity index is 2.80. The molecule has 1 rings (SSSR count). The van der Waals surface area contributed by atoms with Crippen LogP contribution in [0.5, 0.6) is 0 Å². The van der Waals surface area contributed by atoms with E-state index in [2.05, 4.69) is 25.2 Å². The van der Waals surface area contributed by atoms with E-state index in [9.17, 15) is 4.39 Å². The molecule has 0 aliphatic heterocycles. The van der Waals surface area contributed by atoms with Crippen molar-refractivity contribution < 1.29 is 4.39 Å². The standard InChI is InChI=1S/C12H14ClFN2/c1-8(2)7-16-12(6-15)9-3-4-11(14)10(13)5-9/h3-5,8,12,16H,7H2,1-2H3. The van der Waals surface area contributed by atoms with Gasteiger partial charge >= 0.3 is 0 Å². The Labute approximate surface area is 100 Å². The molecule has 0 radical (unpaired) electrons. The topological polar surface area (TPSA) is 35.8 Å². The lowest BCUT2D eigenvalue weighted by Crippen LogP contribution is -2.24. The summed E-state index contributed by atoms with van der Waals surface area (Å²) in [6, 6.07) is 6.02. The number of halogens is 2. The molecule has 0 bridgehead atoms. The van der Waals surface area contributed by atoms with Gasteiger partial charge in [0.15, 0.2) is 0 Å². The van der Waals surface area contributed by atoms with Gasteiger partial charge in [-0.05, 0) is 30.2 Å². The summed E-state index contributed by atoms with van der Waals surface area (Å²) in [6.45, 7) is 4.84. The van der Waals surface area contributed by atoms with Crippen LogP contribution in [0.25, 0.3) is 0 Å². The molecule has 0 saturated heterocycles. The van der Waals surface area contributed by atoms with Gasteiger partial charge in [-0.25, -0.2) is 4.39 Å². The first kappa shape index (κ1) is 13.0. The van der Waals surface area contributed by atoms with Crippen molar-refractivity contribution in [1.82, 2.24) is 5.32 Å². The molecule has 1 unspecified atom stereocenters. The van der Waals surface area contributed by atoms with Gasteiger partial charge in [-0.1, -0.05) is 31.5 Å². The first-order valence-corrected chi connectivity index (χ1v) is 5.50. The Morgan fingerprint density at radius 3 is 2.69 bits per heavy atom. The van der Waals surface area contributed by atoms with E-state index in [1.807, 2.05) is 0 Å². The van der Waals surface area contributed by atoms with E-state index in [0.29, 0.717) is 11.5 Å². The monoisotopic (exact) mass is 240 g/mol. The average Bonchev–Trinajstić information content (AvgIpc) is 2.23. The summed E-state index contributed by atoms with van der Waals surface area (Å²) in [6.07, 6.45) is 0. The van der Waals surface area contributed by atoms with Crippen LogP contribution in [0, 0.1) is 23.1 Å². The first-order chi connectivity index (χ1) is 7.54. The summed E-state index contributed by atoms with van der Waals surface area (Å²) in [4.78, 5) is 0. The quantitative estimate of drug-likeness (QED) is 0.877. The van der Waals surface area contributed by atoms with Gasteiger partial charge in [0.25, 0.3) is 0 Å². The fourth-order valence-corrected chi connectivity index (χ4v) is 1.47. The molecule has 0 heterocycles. The molecule has 1 aromatic rings. The zero-order valence-corrected chi connectivity index (χ0v) is 10.1. The highest BCUT2D eigenvalue weighted by Crippen LogP contribution is 2.20. The number of nitrogens with zero attached hydrogens (tertiary/aromatic N) is 1. The number of benzene rings is 1. The van der Waals surface area contributed by atoms with Crippen LogP contribution in [0.15, 0.2) is 18.2 Å². The molecular formula is C12H14ClFN2. The van der Waals surface area contributed by atoms with E-state index in [4.69, 9.17) is 16.9 Å². The summed E-state index contributed by atoms with van der Waals surface area (Å²) >= 11 is 5.67. The predicted octanol–water partition coefficient (Wildman–Crippen LogP) is 3.29. The van der Waals surface area contributed by atoms with Gasteiger partial charge in [0, 0.05) is 0 Å². The van der Waals surface area contributed by atoms with Crippen molar-refractivity contribution in [3.05, 3.63) is 34.6 Å². The third-order valence-corrected chi connectivity index (χ3v) is 2.43. The highest BCUT2D eigenvalue weighted by molar-refractivity contribution is 6.30. The van der Waals surface area contributed by atoms with Crippen LogP contribution < -0.4 is 5.32 Å². The fraction of sp³-hybridized carbons (Fsp3) is 0.417. The summed E-state index contributed by atoms with van der Waals surface area (Å²) in [5, 5.41) is 12.1. The molecule has 86 valence electrons. The maximum Gasteiger partial charge on any atom is 0.141 e. The minimum Gasteiger partial charge on any atom is -0.298 e. The van der Waals surface area contributed by atoms with E-state index in [0.717, 1.165) is 6.54 Å². The minimum absolute atomic E-state index is 0.0455. The number of rotatable bonds is 4. The predicted molar refractivity (Wildman–Crippen MR) is 62.6 cm³/mol. The van der Waals surface area contributed by atoms with Crippen LogP contribution in [0.3, 0.4) is 0 Å². The second kappa shape index (κ2) is 5.83. The van der Waals surface area contributed by atoms with Gasteiger partial charge in [-0.15, -0.1) is 0 Å². The number of hydrogen-bond acceptors (Lipinski definition) is 2. The molecular weight excluding hydrogens is 227 g/mol. The van der Waals surface area contributed by atoms with Gasteiger partial charge < -0.3 is 0 Å². The Hall–Kier alpha value is -1.11. The van der Waals surface area contributed by atoms with Crippen molar-refractivity contribution in [2.45, 2.75) is 19.9 Å². The Morgan fingerprint density at radius 2 is 2.19 bits per heavy atom. The molecule has 0 aromatic heterocycles. The summed E-state index contributed by atoms with van der Waals surface area (Å²) < 4.78 is 12.9. The molecule has 0 aliphatic carbocycles. The Kier molecular flexibility index (Phi) is 4.72. The van der Waals surface area contributed by atoms with E-state index in [1.54, 1.807) is 6.07 Å². The van der Waals surface area contributed by atoms with E-state index in [1.165, 1.54) is 12.1 Å². The molecule has 0 fully saturated rings. The van der Waals surface area contributed by atoms with Gasteiger partial charge in [-0.3, -0.25) is 5.32 Å². The molecule has 2 nitrogen and oxygen atoms in total. The number of hydrogen-bond donors (Lipinski definition) is 1. The maximum absolute atomic E-state index is 12.9. The first-order valence-electron chi connectivity index (χ1n) is 5.12. The second-order valence-corrected chi connectivity index (χ2v) is 4.44. The third-order valence-electron chi connectivity index (χ3n) is 2.14. The molecule has 16 heavy (non-hydrogen) atoms. The SMILES string of the molecule is CC(C)CNC(C#N)c1ccc(F)c(Cl)c1. The lowest BCUT2D eigenvalue weighted by molar-refractivity contribution is 0.524. The van der Waals surface area contributed by atoms with Crippen molar-refractivity contribution in [3.8, 4) is 6.07 Å². The highest BCUT2D eigenvalue weighted by atomic mass is 35.5. The molecule has 4 heteroatoms. The molecule has 0 amide bonds. The number of nitrogens with one attached hydrogen (secondary N) is 1. The van der Waals surface area contributed by atoms with Crippen LogP contribution in [0.2, 0.25) is 5.02 Å². The summed E-state index contributed by atoms with van der Waals surface area (Å²) in [5.41, 5.74) is 0.689. The van der Waals surface area contributed by atoms with Gasteiger partial charge in [-0.2, -0.15) is 5.26 Å². The van der Waals surface area contributed by atoms with Crippen molar-refractivity contribution in [1.29, 1.82) is 5.26 Å². The average molecular weight is 241 g/mol. The van der Waals surface area contributed by atoms with Crippen LogP contribution in [-0.4, -0.2) is 6.54 Å². The normalized spacial score (nSPS) is 12.5. The molecule has 1 aromatic carbocycles. The fourth-order valence-electron chi connectivity index (χ4n) is 1.28. The second-order valence-electron chi connectivity index (χ2n) is 4.04. The van der Waals surface area contributed by atoms with Crippen LogP contribution >= 0.6 is 11.6 Å². The Morgan fingerprint density at radius 1 is 1.50 bits per heavy atom. The number of nitriles is 1. The Bertz CT molecular complexity index is 398. The summed E-state index contributed by atoms with van der Waals surface area (Å²) in [5.74, 6) is -0.0160. The molecule has 1 atom stereocenters. The van der Waals surface area contributed by atoms with Gasteiger partial charge in [0.2, 0.25) is 0 Å². The molecule has 0 spiro atoms. The van der Waals surface area contributed by atoms with Crippen molar-refractivity contribution >= 4 is 11.6 Å².